The first kappa shape index (κ1) is 13.5. The number of benzene rings is 1. The molecule has 3 rings (SSSR count). The van der Waals surface area contributed by atoms with Crippen LogP contribution in [0.5, 0.6) is 0 Å². The van der Waals surface area contributed by atoms with Gasteiger partial charge >= 0.3 is 0 Å². The number of fused-ring (bicyclic) bond motifs is 1. The number of nitrogens with one attached hydrogen (secondary N) is 2. The van der Waals surface area contributed by atoms with Crippen LogP contribution in [-0.2, 0) is 5.41 Å². The van der Waals surface area contributed by atoms with Gasteiger partial charge in [-0.25, -0.2) is 0 Å². The van der Waals surface area contributed by atoms with Gasteiger partial charge < -0.3 is 14.7 Å². The predicted octanol–water partition coefficient (Wildman–Crippen LogP) is 4.31. The minimum Gasteiger partial charge on any atom is -0.463 e. The number of furan rings is 1. The smallest absolute Gasteiger partial charge is 0.272 e. The quantitative estimate of drug-likeness (QED) is 0.735. The van der Waals surface area contributed by atoms with Crippen molar-refractivity contribution < 1.29 is 9.21 Å². The van der Waals surface area contributed by atoms with E-state index in [4.69, 9.17) is 4.42 Å². The lowest BCUT2D eigenvalue weighted by Crippen LogP contribution is -2.18. The molecule has 4 heteroatoms. The van der Waals surface area contributed by atoms with E-state index in [0.29, 0.717) is 11.3 Å². The summed E-state index contributed by atoms with van der Waals surface area (Å²) in [6.07, 6.45) is 1.59. The summed E-state index contributed by atoms with van der Waals surface area (Å²) in [6, 6.07) is 11.4. The summed E-state index contributed by atoms with van der Waals surface area (Å²) in [6.45, 7) is 6.37. The van der Waals surface area contributed by atoms with E-state index >= 15 is 0 Å². The van der Waals surface area contributed by atoms with Gasteiger partial charge in [0.2, 0.25) is 0 Å². The molecule has 2 heterocycles. The van der Waals surface area contributed by atoms with Crippen LogP contribution in [0, 0.1) is 0 Å². The normalized spacial score (nSPS) is 11.8. The van der Waals surface area contributed by atoms with Crippen molar-refractivity contribution in [1.29, 1.82) is 0 Å². The second kappa shape index (κ2) is 4.81. The van der Waals surface area contributed by atoms with Gasteiger partial charge in [0, 0.05) is 17.8 Å². The Bertz CT molecular complexity index is 762. The average Bonchev–Trinajstić information content (AvgIpc) is 2.98. The summed E-state index contributed by atoms with van der Waals surface area (Å²) < 4.78 is 5.27. The highest BCUT2D eigenvalue weighted by atomic mass is 16.3. The molecule has 2 aromatic heterocycles. The number of hydrogen-bond acceptors (Lipinski definition) is 2. The average molecular weight is 282 g/mol. The van der Waals surface area contributed by atoms with Gasteiger partial charge in [-0.3, -0.25) is 4.79 Å². The zero-order chi connectivity index (χ0) is 15.0. The third-order valence-electron chi connectivity index (χ3n) is 3.47. The summed E-state index contributed by atoms with van der Waals surface area (Å²) in [4.78, 5) is 15.4. The van der Waals surface area contributed by atoms with E-state index in [1.165, 1.54) is 0 Å². The molecule has 3 aromatic rings. The van der Waals surface area contributed by atoms with Crippen LogP contribution in [0.1, 0.15) is 36.8 Å². The zero-order valence-corrected chi connectivity index (χ0v) is 12.4. The van der Waals surface area contributed by atoms with Gasteiger partial charge in [0.25, 0.3) is 5.91 Å². The molecule has 21 heavy (non-hydrogen) atoms. The van der Waals surface area contributed by atoms with E-state index in [9.17, 15) is 4.79 Å². The Balaban J connectivity index is 1.90. The molecular formula is C17H18N2O2. The van der Waals surface area contributed by atoms with E-state index in [0.717, 1.165) is 16.8 Å². The molecule has 1 aromatic carbocycles. The molecule has 2 N–H and O–H groups in total. The second-order valence-electron chi connectivity index (χ2n) is 6.13. The van der Waals surface area contributed by atoms with Gasteiger partial charge in [-0.05, 0) is 17.0 Å². The monoisotopic (exact) mass is 282 g/mol. The van der Waals surface area contributed by atoms with Crippen molar-refractivity contribution in [2.45, 2.75) is 26.2 Å². The number of hydrogen-bond donors (Lipinski definition) is 2. The molecule has 1 amide bonds. The lowest BCUT2D eigenvalue weighted by Gasteiger charge is -2.22. The number of H-pyrrole nitrogens is 1. The molecule has 0 unspecified atom stereocenters. The van der Waals surface area contributed by atoms with Gasteiger partial charge in [-0.15, -0.1) is 0 Å². The highest BCUT2D eigenvalue weighted by molar-refractivity contribution is 6.05. The van der Waals surface area contributed by atoms with E-state index in [2.05, 4.69) is 31.1 Å². The molecule has 0 spiro atoms. The van der Waals surface area contributed by atoms with Crippen molar-refractivity contribution in [2.75, 3.05) is 5.32 Å². The van der Waals surface area contributed by atoms with Crippen molar-refractivity contribution in [1.82, 2.24) is 4.98 Å². The first-order valence-corrected chi connectivity index (χ1v) is 6.92. The SMILES string of the molecule is CC(C)(C)c1ccccc1NC(=O)c1cc2occc2[nH]1. The number of anilines is 1. The maximum atomic E-state index is 12.4. The van der Waals surface area contributed by atoms with Crippen molar-refractivity contribution in [3.8, 4) is 0 Å². The van der Waals surface area contributed by atoms with E-state index in [1.54, 1.807) is 18.4 Å². The number of rotatable bonds is 2. The number of carbonyl (C=O) groups excluding carboxylic acids is 1. The van der Waals surface area contributed by atoms with Gasteiger partial charge in [-0.1, -0.05) is 39.0 Å². The zero-order valence-electron chi connectivity index (χ0n) is 12.4. The summed E-state index contributed by atoms with van der Waals surface area (Å²) in [7, 11) is 0. The van der Waals surface area contributed by atoms with Crippen LogP contribution >= 0.6 is 0 Å². The molecule has 0 saturated heterocycles. The molecule has 0 aliphatic heterocycles. The van der Waals surface area contributed by atoms with Crippen LogP contribution in [-0.4, -0.2) is 10.9 Å². The van der Waals surface area contributed by atoms with E-state index in [-0.39, 0.29) is 11.3 Å². The predicted molar refractivity (Wildman–Crippen MR) is 83.7 cm³/mol. The summed E-state index contributed by atoms with van der Waals surface area (Å²) in [5.41, 5.74) is 3.91. The van der Waals surface area contributed by atoms with Crippen LogP contribution < -0.4 is 5.32 Å². The minimum absolute atomic E-state index is 0.0345. The summed E-state index contributed by atoms with van der Waals surface area (Å²) >= 11 is 0. The molecule has 0 aliphatic carbocycles. The van der Waals surface area contributed by atoms with Gasteiger partial charge in [0.15, 0.2) is 5.58 Å². The highest BCUT2D eigenvalue weighted by Crippen LogP contribution is 2.29. The Morgan fingerprint density at radius 2 is 1.95 bits per heavy atom. The highest BCUT2D eigenvalue weighted by Gasteiger charge is 2.19. The number of aromatic nitrogens is 1. The minimum atomic E-state index is -0.168. The Morgan fingerprint density at radius 3 is 2.67 bits per heavy atom. The molecule has 108 valence electrons. The third-order valence-corrected chi connectivity index (χ3v) is 3.47. The lowest BCUT2D eigenvalue weighted by atomic mass is 9.86. The largest absolute Gasteiger partial charge is 0.463 e. The molecule has 0 radical (unpaired) electrons. The fourth-order valence-electron chi connectivity index (χ4n) is 2.41. The number of carbonyl (C=O) groups is 1. The van der Waals surface area contributed by atoms with Crippen LogP contribution in [0.4, 0.5) is 5.69 Å². The van der Waals surface area contributed by atoms with Gasteiger partial charge in [-0.2, -0.15) is 0 Å². The molecule has 0 bridgehead atoms. The fraction of sp³-hybridized carbons (Fsp3) is 0.235. The van der Waals surface area contributed by atoms with E-state index < -0.39 is 0 Å². The molecule has 4 nitrogen and oxygen atoms in total. The second-order valence-corrected chi connectivity index (χ2v) is 6.13. The van der Waals surface area contributed by atoms with Crippen molar-refractivity contribution >= 4 is 22.7 Å². The molecule has 0 saturated carbocycles. The van der Waals surface area contributed by atoms with Crippen LogP contribution in [0.25, 0.3) is 11.1 Å². The Kier molecular flexibility index (Phi) is 3.09. The van der Waals surface area contributed by atoms with E-state index in [1.807, 2.05) is 24.3 Å². The topological polar surface area (TPSA) is 58.0 Å². The molecular weight excluding hydrogens is 264 g/mol. The first-order valence-electron chi connectivity index (χ1n) is 6.92. The van der Waals surface area contributed by atoms with Crippen LogP contribution in [0.15, 0.2) is 47.1 Å². The number of amides is 1. The third kappa shape index (κ3) is 2.57. The molecule has 0 aliphatic rings. The van der Waals surface area contributed by atoms with Crippen LogP contribution in [0.2, 0.25) is 0 Å². The Hall–Kier alpha value is -2.49. The maximum Gasteiger partial charge on any atom is 0.272 e. The summed E-state index contributed by atoms with van der Waals surface area (Å²) in [5.74, 6) is -0.168. The van der Waals surface area contributed by atoms with Gasteiger partial charge in [0.1, 0.15) is 5.69 Å². The first-order chi connectivity index (χ1) is 9.95. The van der Waals surface area contributed by atoms with Crippen molar-refractivity contribution in [3.05, 3.63) is 53.9 Å². The number of aromatic amines is 1. The maximum absolute atomic E-state index is 12.4. The van der Waals surface area contributed by atoms with Crippen LogP contribution in [0.3, 0.4) is 0 Å². The fourth-order valence-corrected chi connectivity index (χ4v) is 2.41. The van der Waals surface area contributed by atoms with Crippen molar-refractivity contribution in [2.24, 2.45) is 0 Å². The lowest BCUT2D eigenvalue weighted by molar-refractivity contribution is 0.102. The Morgan fingerprint density at radius 1 is 1.19 bits per heavy atom. The molecule has 0 atom stereocenters. The summed E-state index contributed by atoms with van der Waals surface area (Å²) in [5, 5.41) is 2.97. The Labute approximate surface area is 123 Å². The van der Waals surface area contributed by atoms with Crippen molar-refractivity contribution in [3.63, 3.8) is 0 Å². The van der Waals surface area contributed by atoms with Gasteiger partial charge in [0.05, 0.1) is 11.8 Å². The molecule has 0 fully saturated rings. The standard InChI is InChI=1S/C17H18N2O2/c1-17(2,3)11-6-4-5-7-12(11)19-16(20)14-10-15-13(18-14)8-9-21-15/h4-10,18H,1-3H3,(H,19,20). The number of para-hydroxylation sites is 1.